The SMILES string of the molecule is Cc1ccccc1NC1=C(c2ccccc2)C(=O)N(c2cccc(Br)c2)C1=O. The molecule has 1 aliphatic heterocycles. The number of amides is 2. The third-order valence-electron chi connectivity index (χ3n) is 4.62. The molecule has 0 saturated heterocycles. The van der Waals surface area contributed by atoms with Crippen LogP contribution in [0.15, 0.2) is 89.0 Å². The van der Waals surface area contributed by atoms with Crippen molar-refractivity contribution in [1.29, 1.82) is 0 Å². The highest BCUT2D eigenvalue weighted by Gasteiger charge is 2.40. The van der Waals surface area contributed by atoms with Crippen LogP contribution in [0.2, 0.25) is 0 Å². The number of aryl methyl sites for hydroxylation is 1. The Morgan fingerprint density at radius 1 is 0.821 bits per heavy atom. The van der Waals surface area contributed by atoms with E-state index in [1.54, 1.807) is 18.2 Å². The minimum absolute atomic E-state index is 0.283. The molecule has 138 valence electrons. The van der Waals surface area contributed by atoms with Crippen LogP contribution in [-0.2, 0) is 9.59 Å². The Morgan fingerprint density at radius 3 is 2.25 bits per heavy atom. The first-order chi connectivity index (χ1) is 13.6. The Labute approximate surface area is 171 Å². The summed E-state index contributed by atoms with van der Waals surface area (Å²) in [5, 5.41) is 3.21. The highest BCUT2D eigenvalue weighted by Crippen LogP contribution is 2.34. The molecule has 0 atom stereocenters. The van der Waals surface area contributed by atoms with Gasteiger partial charge in [0, 0.05) is 10.2 Å². The summed E-state index contributed by atoms with van der Waals surface area (Å²) >= 11 is 3.41. The molecule has 5 heteroatoms. The second-order valence-corrected chi connectivity index (χ2v) is 7.40. The quantitative estimate of drug-likeness (QED) is 0.579. The van der Waals surface area contributed by atoms with Gasteiger partial charge in [0.1, 0.15) is 5.70 Å². The van der Waals surface area contributed by atoms with Crippen molar-refractivity contribution in [2.24, 2.45) is 0 Å². The van der Waals surface area contributed by atoms with Crippen LogP contribution in [-0.4, -0.2) is 11.8 Å². The molecule has 0 spiro atoms. The zero-order valence-electron chi connectivity index (χ0n) is 15.1. The van der Waals surface area contributed by atoms with Gasteiger partial charge in [-0.2, -0.15) is 0 Å². The van der Waals surface area contributed by atoms with Crippen molar-refractivity contribution in [2.45, 2.75) is 6.92 Å². The molecule has 1 N–H and O–H groups in total. The number of benzene rings is 3. The van der Waals surface area contributed by atoms with Gasteiger partial charge in [0.15, 0.2) is 0 Å². The van der Waals surface area contributed by atoms with Crippen molar-refractivity contribution >= 4 is 44.7 Å². The normalized spacial score (nSPS) is 14.0. The van der Waals surface area contributed by atoms with Gasteiger partial charge in [-0.25, -0.2) is 4.90 Å². The van der Waals surface area contributed by atoms with E-state index in [1.165, 1.54) is 4.90 Å². The average Bonchev–Trinajstić information content (AvgIpc) is 2.94. The van der Waals surface area contributed by atoms with E-state index in [-0.39, 0.29) is 17.5 Å². The van der Waals surface area contributed by atoms with Crippen molar-refractivity contribution in [3.05, 3.63) is 100 Å². The van der Waals surface area contributed by atoms with Gasteiger partial charge in [0.2, 0.25) is 0 Å². The minimum atomic E-state index is -0.370. The summed E-state index contributed by atoms with van der Waals surface area (Å²) in [6.45, 7) is 1.96. The first kappa shape index (κ1) is 18.2. The van der Waals surface area contributed by atoms with Crippen molar-refractivity contribution in [1.82, 2.24) is 0 Å². The van der Waals surface area contributed by atoms with Crippen LogP contribution in [0.1, 0.15) is 11.1 Å². The Balaban J connectivity index is 1.84. The highest BCUT2D eigenvalue weighted by molar-refractivity contribution is 9.10. The van der Waals surface area contributed by atoms with Gasteiger partial charge in [-0.3, -0.25) is 9.59 Å². The molecule has 3 aromatic carbocycles. The fourth-order valence-corrected chi connectivity index (χ4v) is 3.60. The molecule has 28 heavy (non-hydrogen) atoms. The van der Waals surface area contributed by atoms with Gasteiger partial charge < -0.3 is 5.32 Å². The molecule has 0 aliphatic carbocycles. The topological polar surface area (TPSA) is 49.4 Å². The van der Waals surface area contributed by atoms with Gasteiger partial charge in [-0.15, -0.1) is 0 Å². The second kappa shape index (κ2) is 7.44. The fourth-order valence-electron chi connectivity index (χ4n) is 3.22. The maximum Gasteiger partial charge on any atom is 0.282 e. The number of hydrogen-bond acceptors (Lipinski definition) is 3. The standard InChI is InChI=1S/C23H17BrN2O2/c1-15-8-5-6-13-19(15)25-21-20(16-9-3-2-4-10-16)22(27)26(23(21)28)18-12-7-11-17(24)14-18/h2-14,25H,1H3. The van der Waals surface area contributed by atoms with Crippen LogP contribution < -0.4 is 10.2 Å². The van der Waals surface area contributed by atoms with Crippen LogP contribution >= 0.6 is 15.9 Å². The average molecular weight is 433 g/mol. The van der Waals surface area contributed by atoms with Crippen LogP contribution in [0.4, 0.5) is 11.4 Å². The number of imide groups is 1. The molecule has 4 rings (SSSR count). The molecule has 1 heterocycles. The summed E-state index contributed by atoms with van der Waals surface area (Å²) < 4.78 is 0.798. The summed E-state index contributed by atoms with van der Waals surface area (Å²) in [4.78, 5) is 27.8. The molecule has 0 bridgehead atoms. The second-order valence-electron chi connectivity index (χ2n) is 6.48. The molecule has 1 aliphatic rings. The number of nitrogens with one attached hydrogen (secondary N) is 1. The Bertz CT molecular complexity index is 1110. The van der Waals surface area contributed by atoms with Crippen molar-refractivity contribution in [2.75, 3.05) is 10.2 Å². The summed E-state index contributed by atoms with van der Waals surface area (Å²) in [7, 11) is 0. The first-order valence-corrected chi connectivity index (χ1v) is 9.62. The molecule has 0 radical (unpaired) electrons. The summed E-state index contributed by atoms with van der Waals surface area (Å²) in [6, 6.07) is 24.1. The molecule has 0 fully saturated rings. The Kier molecular flexibility index (Phi) is 4.84. The maximum absolute atomic E-state index is 13.3. The molecule has 0 saturated carbocycles. The number of nitrogens with zero attached hydrogens (tertiary/aromatic N) is 1. The van der Waals surface area contributed by atoms with Crippen LogP contribution in [0, 0.1) is 6.92 Å². The number of carbonyl (C=O) groups is 2. The van der Waals surface area contributed by atoms with Crippen LogP contribution in [0.25, 0.3) is 5.57 Å². The van der Waals surface area contributed by atoms with Crippen LogP contribution in [0.5, 0.6) is 0 Å². The predicted octanol–water partition coefficient (Wildman–Crippen LogP) is 5.15. The number of halogens is 1. The Morgan fingerprint density at radius 2 is 1.54 bits per heavy atom. The molecule has 2 amide bonds. The van der Waals surface area contributed by atoms with E-state index in [0.717, 1.165) is 15.7 Å². The smallest absolute Gasteiger partial charge is 0.282 e. The van der Waals surface area contributed by atoms with E-state index >= 15 is 0 Å². The van der Waals surface area contributed by atoms with Gasteiger partial charge >= 0.3 is 0 Å². The van der Waals surface area contributed by atoms with Crippen molar-refractivity contribution < 1.29 is 9.59 Å². The lowest BCUT2D eigenvalue weighted by atomic mass is 10.0. The molecule has 0 aromatic heterocycles. The maximum atomic E-state index is 13.3. The minimum Gasteiger partial charge on any atom is -0.350 e. The van der Waals surface area contributed by atoms with E-state index in [2.05, 4.69) is 21.2 Å². The monoisotopic (exact) mass is 432 g/mol. The van der Waals surface area contributed by atoms with E-state index in [9.17, 15) is 9.59 Å². The van der Waals surface area contributed by atoms with Gasteiger partial charge in [0.05, 0.1) is 11.3 Å². The Hall–Kier alpha value is -3.18. The summed E-state index contributed by atoms with van der Waals surface area (Å²) in [5.41, 5.74) is 3.67. The molecule has 0 unspecified atom stereocenters. The lowest BCUT2D eigenvalue weighted by molar-refractivity contribution is -0.120. The van der Waals surface area contributed by atoms with Gasteiger partial charge in [-0.1, -0.05) is 70.5 Å². The lowest BCUT2D eigenvalue weighted by Gasteiger charge is -2.16. The number of hydrogen-bond donors (Lipinski definition) is 1. The van der Waals surface area contributed by atoms with Gasteiger partial charge in [0.25, 0.3) is 11.8 Å². The number of para-hydroxylation sites is 1. The number of anilines is 2. The van der Waals surface area contributed by atoms with E-state index in [0.29, 0.717) is 16.8 Å². The predicted molar refractivity (Wildman–Crippen MR) is 115 cm³/mol. The van der Waals surface area contributed by atoms with Crippen LogP contribution in [0.3, 0.4) is 0 Å². The van der Waals surface area contributed by atoms with Crippen molar-refractivity contribution in [3.63, 3.8) is 0 Å². The van der Waals surface area contributed by atoms with E-state index in [4.69, 9.17) is 0 Å². The number of carbonyl (C=O) groups excluding carboxylic acids is 2. The zero-order chi connectivity index (χ0) is 19.7. The van der Waals surface area contributed by atoms with E-state index < -0.39 is 0 Å². The number of rotatable bonds is 4. The molecular formula is C23H17BrN2O2. The lowest BCUT2D eigenvalue weighted by Crippen LogP contribution is -2.32. The summed E-state index contributed by atoms with van der Waals surface area (Å²) in [6.07, 6.45) is 0. The molecular weight excluding hydrogens is 416 g/mol. The van der Waals surface area contributed by atoms with Gasteiger partial charge in [-0.05, 0) is 42.3 Å². The molecule has 3 aromatic rings. The molecule has 4 nitrogen and oxygen atoms in total. The largest absolute Gasteiger partial charge is 0.350 e. The van der Waals surface area contributed by atoms with E-state index in [1.807, 2.05) is 67.6 Å². The first-order valence-electron chi connectivity index (χ1n) is 8.83. The summed E-state index contributed by atoms with van der Waals surface area (Å²) in [5.74, 6) is -0.712. The zero-order valence-corrected chi connectivity index (χ0v) is 16.7. The third kappa shape index (κ3) is 3.25. The third-order valence-corrected chi connectivity index (χ3v) is 5.11. The van der Waals surface area contributed by atoms with Crippen molar-refractivity contribution in [3.8, 4) is 0 Å². The highest BCUT2D eigenvalue weighted by atomic mass is 79.9. The fraction of sp³-hybridized carbons (Fsp3) is 0.0435.